The predicted molar refractivity (Wildman–Crippen MR) is 114 cm³/mol. The lowest BCUT2D eigenvalue weighted by atomic mass is 10.0. The summed E-state index contributed by atoms with van der Waals surface area (Å²) in [6.07, 6.45) is 2.05. The number of hydrogen-bond donors (Lipinski definition) is 1. The van der Waals surface area contributed by atoms with E-state index in [2.05, 4.69) is 10.4 Å². The highest BCUT2D eigenvalue weighted by Crippen LogP contribution is 2.23. The Bertz CT molecular complexity index is 1000. The number of rotatable bonds is 4. The zero-order chi connectivity index (χ0) is 22.0. The van der Waals surface area contributed by atoms with E-state index in [1.807, 2.05) is 18.2 Å². The molecule has 3 aliphatic rings. The number of likely N-dealkylation sites (tertiary alicyclic amines) is 1. The van der Waals surface area contributed by atoms with Crippen LogP contribution in [0.15, 0.2) is 35.4 Å². The molecule has 0 aliphatic carbocycles. The van der Waals surface area contributed by atoms with Crippen molar-refractivity contribution in [3.8, 4) is 0 Å². The minimum absolute atomic E-state index is 0.00757. The summed E-state index contributed by atoms with van der Waals surface area (Å²) in [6.45, 7) is 0.979. The van der Waals surface area contributed by atoms with Crippen molar-refractivity contribution in [1.82, 2.24) is 15.2 Å². The van der Waals surface area contributed by atoms with E-state index in [0.717, 1.165) is 0 Å². The summed E-state index contributed by atoms with van der Waals surface area (Å²) in [7, 11) is -3.16. The number of benzene rings is 1. The van der Waals surface area contributed by atoms with Crippen molar-refractivity contribution in [3.05, 3.63) is 35.9 Å². The van der Waals surface area contributed by atoms with Gasteiger partial charge in [-0.25, -0.2) is 13.4 Å². The Kier molecular flexibility index (Phi) is 6.08. The minimum atomic E-state index is -3.16. The summed E-state index contributed by atoms with van der Waals surface area (Å²) in [4.78, 5) is 39.2. The van der Waals surface area contributed by atoms with Gasteiger partial charge in [0, 0.05) is 37.5 Å². The standard InChI is InChI=1S/C21H26N4O5S/c26-19-7-6-18(23-25(19)17-10-13-31(29,30)14-17)21(28)24-11-8-16(9-12-24)22-20(27)15-4-2-1-3-5-15/h1-5,16-17H,6-14H2,(H,22,27)/t17-/m1/s1. The minimum Gasteiger partial charge on any atom is -0.349 e. The van der Waals surface area contributed by atoms with Gasteiger partial charge in [-0.3, -0.25) is 14.4 Å². The average molecular weight is 447 g/mol. The molecule has 2 fully saturated rings. The lowest BCUT2D eigenvalue weighted by Gasteiger charge is -2.34. The molecule has 3 aliphatic heterocycles. The quantitative estimate of drug-likeness (QED) is 0.726. The summed E-state index contributed by atoms with van der Waals surface area (Å²) in [5, 5.41) is 8.50. The summed E-state index contributed by atoms with van der Waals surface area (Å²) in [5.74, 6) is -0.631. The molecule has 0 saturated carbocycles. The molecule has 0 aromatic heterocycles. The highest BCUT2D eigenvalue weighted by atomic mass is 32.2. The van der Waals surface area contributed by atoms with Crippen LogP contribution < -0.4 is 5.32 Å². The molecule has 2 saturated heterocycles. The van der Waals surface area contributed by atoms with Crippen LogP contribution >= 0.6 is 0 Å². The molecule has 3 heterocycles. The number of carbonyl (C=O) groups excluding carboxylic acids is 3. The number of hydrazone groups is 1. The molecule has 31 heavy (non-hydrogen) atoms. The maximum absolute atomic E-state index is 12.9. The summed E-state index contributed by atoms with van der Waals surface area (Å²) >= 11 is 0. The van der Waals surface area contributed by atoms with Gasteiger partial charge in [0.15, 0.2) is 9.84 Å². The fourth-order valence-electron chi connectivity index (χ4n) is 4.25. The average Bonchev–Trinajstić information content (AvgIpc) is 3.14. The molecule has 0 radical (unpaired) electrons. The number of amides is 3. The van der Waals surface area contributed by atoms with Crippen LogP contribution in [0.3, 0.4) is 0 Å². The number of piperidine rings is 1. The Hall–Kier alpha value is -2.75. The van der Waals surface area contributed by atoms with Gasteiger partial charge in [0.25, 0.3) is 11.8 Å². The monoisotopic (exact) mass is 446 g/mol. The van der Waals surface area contributed by atoms with Gasteiger partial charge in [0.1, 0.15) is 5.71 Å². The van der Waals surface area contributed by atoms with Gasteiger partial charge in [0.05, 0.1) is 17.5 Å². The fraction of sp³-hybridized carbons (Fsp3) is 0.524. The second-order valence-corrected chi connectivity index (χ2v) is 10.5. The van der Waals surface area contributed by atoms with Crippen molar-refractivity contribution in [3.63, 3.8) is 0 Å². The number of sulfone groups is 1. The van der Waals surface area contributed by atoms with Crippen LogP contribution in [0.25, 0.3) is 0 Å². The van der Waals surface area contributed by atoms with Gasteiger partial charge in [-0.05, 0) is 31.4 Å². The molecule has 1 aromatic rings. The molecular weight excluding hydrogens is 420 g/mol. The molecule has 9 nitrogen and oxygen atoms in total. The van der Waals surface area contributed by atoms with Crippen LogP contribution in [-0.4, -0.2) is 78.4 Å². The van der Waals surface area contributed by atoms with E-state index in [4.69, 9.17) is 0 Å². The lowest BCUT2D eigenvalue weighted by molar-refractivity contribution is -0.134. The topological polar surface area (TPSA) is 116 Å². The van der Waals surface area contributed by atoms with Crippen molar-refractivity contribution in [2.75, 3.05) is 24.6 Å². The molecular formula is C21H26N4O5S. The van der Waals surface area contributed by atoms with Gasteiger partial charge in [-0.2, -0.15) is 5.10 Å². The lowest BCUT2D eigenvalue weighted by Crippen LogP contribution is -2.50. The maximum atomic E-state index is 12.9. The molecule has 4 rings (SSSR count). The van der Waals surface area contributed by atoms with Gasteiger partial charge in [0.2, 0.25) is 5.91 Å². The fourth-order valence-corrected chi connectivity index (χ4v) is 5.94. The van der Waals surface area contributed by atoms with Crippen LogP contribution in [0.4, 0.5) is 0 Å². The molecule has 0 bridgehead atoms. The Balaban J connectivity index is 1.34. The molecule has 0 spiro atoms. The summed E-state index contributed by atoms with van der Waals surface area (Å²) in [5.41, 5.74) is 0.909. The van der Waals surface area contributed by atoms with Crippen LogP contribution in [0.2, 0.25) is 0 Å². The molecule has 166 valence electrons. The van der Waals surface area contributed by atoms with E-state index in [1.165, 1.54) is 5.01 Å². The Morgan fingerprint density at radius 3 is 2.39 bits per heavy atom. The van der Waals surface area contributed by atoms with E-state index in [1.54, 1.807) is 17.0 Å². The first kappa shape index (κ1) is 21.5. The van der Waals surface area contributed by atoms with Gasteiger partial charge in [-0.15, -0.1) is 0 Å². The zero-order valence-corrected chi connectivity index (χ0v) is 18.0. The van der Waals surface area contributed by atoms with E-state index < -0.39 is 15.9 Å². The van der Waals surface area contributed by atoms with E-state index >= 15 is 0 Å². The first-order chi connectivity index (χ1) is 14.8. The van der Waals surface area contributed by atoms with Crippen LogP contribution in [0, 0.1) is 0 Å². The first-order valence-electron chi connectivity index (χ1n) is 10.6. The Morgan fingerprint density at radius 2 is 1.74 bits per heavy atom. The van der Waals surface area contributed by atoms with E-state index in [-0.39, 0.29) is 48.1 Å². The zero-order valence-electron chi connectivity index (χ0n) is 17.2. The number of nitrogens with one attached hydrogen (secondary N) is 1. The Labute approximate surface area is 181 Å². The van der Waals surface area contributed by atoms with Crippen LogP contribution in [0.1, 0.15) is 42.5 Å². The van der Waals surface area contributed by atoms with Crippen molar-refractivity contribution >= 4 is 33.3 Å². The third-order valence-electron chi connectivity index (χ3n) is 6.01. The third-order valence-corrected chi connectivity index (χ3v) is 7.76. The number of carbonyl (C=O) groups is 3. The second-order valence-electron chi connectivity index (χ2n) is 8.25. The van der Waals surface area contributed by atoms with Crippen molar-refractivity contribution < 1.29 is 22.8 Å². The predicted octanol–water partition coefficient (Wildman–Crippen LogP) is 0.573. The molecule has 10 heteroatoms. The van der Waals surface area contributed by atoms with Crippen molar-refractivity contribution in [2.24, 2.45) is 5.10 Å². The summed E-state index contributed by atoms with van der Waals surface area (Å²) in [6, 6.07) is 8.52. The largest absolute Gasteiger partial charge is 0.349 e. The molecule has 1 atom stereocenters. The highest BCUT2D eigenvalue weighted by Gasteiger charge is 2.38. The highest BCUT2D eigenvalue weighted by molar-refractivity contribution is 7.91. The molecule has 1 aromatic carbocycles. The maximum Gasteiger partial charge on any atom is 0.270 e. The normalized spacial score (nSPS) is 24.1. The number of hydrogen-bond acceptors (Lipinski definition) is 6. The number of nitrogens with zero attached hydrogens (tertiary/aromatic N) is 3. The Morgan fingerprint density at radius 1 is 1.03 bits per heavy atom. The second kappa shape index (κ2) is 8.78. The van der Waals surface area contributed by atoms with Gasteiger partial charge >= 0.3 is 0 Å². The first-order valence-corrected chi connectivity index (χ1v) is 12.4. The third kappa shape index (κ3) is 4.95. The molecule has 0 unspecified atom stereocenters. The molecule has 1 N–H and O–H groups in total. The molecule has 3 amide bonds. The summed E-state index contributed by atoms with van der Waals surface area (Å²) < 4.78 is 23.5. The van der Waals surface area contributed by atoms with Crippen molar-refractivity contribution in [2.45, 2.75) is 44.2 Å². The van der Waals surface area contributed by atoms with Crippen LogP contribution in [0.5, 0.6) is 0 Å². The van der Waals surface area contributed by atoms with Gasteiger partial charge < -0.3 is 10.2 Å². The smallest absolute Gasteiger partial charge is 0.270 e. The van der Waals surface area contributed by atoms with Crippen molar-refractivity contribution in [1.29, 1.82) is 0 Å². The van der Waals surface area contributed by atoms with Gasteiger partial charge in [-0.1, -0.05) is 18.2 Å². The van der Waals surface area contributed by atoms with E-state index in [9.17, 15) is 22.8 Å². The SMILES string of the molecule is O=C(NC1CCN(C(=O)C2=NN([C@@H]3CCS(=O)(=O)C3)C(=O)CC2)CC1)c1ccccc1. The van der Waals surface area contributed by atoms with E-state index in [0.29, 0.717) is 43.6 Å². The van der Waals surface area contributed by atoms with Crippen LogP contribution in [-0.2, 0) is 19.4 Å².